The van der Waals surface area contributed by atoms with Gasteiger partial charge in [0.2, 0.25) is 0 Å². The van der Waals surface area contributed by atoms with E-state index in [4.69, 9.17) is 9.47 Å². The van der Waals surface area contributed by atoms with E-state index in [1.54, 1.807) is 54.6 Å². The van der Waals surface area contributed by atoms with E-state index >= 15 is 0 Å². The molecule has 5 rings (SSSR count). The molecule has 7 heteroatoms. The van der Waals surface area contributed by atoms with Crippen LogP contribution >= 0.6 is 0 Å². The van der Waals surface area contributed by atoms with Crippen molar-refractivity contribution in [3.8, 4) is 17.2 Å². The summed E-state index contributed by atoms with van der Waals surface area (Å²) < 4.78 is 11.4. The number of phenolic OH excluding ortho intramolecular Hbond substituents is 1. The lowest BCUT2D eigenvalue weighted by molar-refractivity contribution is -0.132. The lowest BCUT2D eigenvalue weighted by Gasteiger charge is -2.26. The molecule has 1 unspecified atom stereocenters. The number of amides is 1. The van der Waals surface area contributed by atoms with Crippen LogP contribution in [0.3, 0.4) is 0 Å². The normalized spacial score (nSPS) is 16.4. The second kappa shape index (κ2) is 10.8. The molecule has 7 nitrogen and oxygen atoms in total. The second-order valence-electron chi connectivity index (χ2n) is 9.19. The van der Waals surface area contributed by atoms with E-state index in [9.17, 15) is 19.8 Å². The summed E-state index contributed by atoms with van der Waals surface area (Å²) in [5, 5.41) is 21.3. The fourth-order valence-corrected chi connectivity index (χ4v) is 4.73. The second-order valence-corrected chi connectivity index (χ2v) is 9.19. The topological polar surface area (TPSA) is 96.3 Å². The van der Waals surface area contributed by atoms with Crippen LogP contribution in [0.2, 0.25) is 0 Å². The number of ether oxygens (including phenoxy) is 2. The molecule has 1 aliphatic rings. The molecule has 1 aliphatic heterocycles. The maximum absolute atomic E-state index is 13.4. The van der Waals surface area contributed by atoms with Crippen molar-refractivity contribution in [2.24, 2.45) is 0 Å². The number of carbonyl (C=O) groups excluding carboxylic acids is 2. The van der Waals surface area contributed by atoms with Crippen molar-refractivity contribution in [1.29, 1.82) is 0 Å². The first-order valence-electron chi connectivity index (χ1n) is 12.4. The molecule has 1 fully saturated rings. The van der Waals surface area contributed by atoms with Gasteiger partial charge in [-0.3, -0.25) is 14.5 Å². The van der Waals surface area contributed by atoms with Crippen LogP contribution in [0.4, 0.5) is 5.69 Å². The first-order chi connectivity index (χ1) is 18.9. The zero-order valence-electron chi connectivity index (χ0n) is 21.5. The molecular weight excluding hydrogens is 494 g/mol. The number of nitrogens with zero attached hydrogens (tertiary/aromatic N) is 1. The van der Waals surface area contributed by atoms with Crippen molar-refractivity contribution in [2.45, 2.75) is 19.6 Å². The minimum absolute atomic E-state index is 0.0368. The summed E-state index contributed by atoms with van der Waals surface area (Å²) in [5.41, 5.74) is 3.03. The van der Waals surface area contributed by atoms with Gasteiger partial charge < -0.3 is 19.7 Å². The average molecular weight is 522 g/mol. The van der Waals surface area contributed by atoms with Gasteiger partial charge in [0, 0.05) is 5.56 Å². The Morgan fingerprint density at radius 2 is 1.56 bits per heavy atom. The number of rotatable bonds is 7. The molecule has 196 valence electrons. The predicted molar refractivity (Wildman–Crippen MR) is 148 cm³/mol. The third kappa shape index (κ3) is 4.94. The Balaban J connectivity index is 1.58. The fraction of sp³-hybridized carbons (Fsp3) is 0.125. The summed E-state index contributed by atoms with van der Waals surface area (Å²) in [6, 6.07) is 27.0. The molecule has 1 amide bonds. The molecule has 0 radical (unpaired) electrons. The highest BCUT2D eigenvalue weighted by atomic mass is 16.5. The molecule has 0 aromatic heterocycles. The van der Waals surface area contributed by atoms with Gasteiger partial charge >= 0.3 is 0 Å². The van der Waals surface area contributed by atoms with Crippen LogP contribution in [-0.2, 0) is 16.2 Å². The van der Waals surface area contributed by atoms with Gasteiger partial charge in [-0.2, -0.15) is 0 Å². The first kappa shape index (κ1) is 25.6. The van der Waals surface area contributed by atoms with Crippen LogP contribution < -0.4 is 14.4 Å². The summed E-state index contributed by atoms with van der Waals surface area (Å²) in [4.78, 5) is 28.2. The van der Waals surface area contributed by atoms with Crippen LogP contribution in [0.15, 0.2) is 103 Å². The van der Waals surface area contributed by atoms with Gasteiger partial charge in [-0.25, -0.2) is 0 Å². The smallest absolute Gasteiger partial charge is 0.300 e. The van der Waals surface area contributed by atoms with Crippen molar-refractivity contribution in [3.63, 3.8) is 0 Å². The zero-order chi connectivity index (χ0) is 27.5. The van der Waals surface area contributed by atoms with E-state index in [1.165, 1.54) is 24.1 Å². The molecule has 4 aromatic carbocycles. The summed E-state index contributed by atoms with van der Waals surface area (Å²) in [6.07, 6.45) is 0. The number of para-hydroxylation sites is 2. The SMILES string of the molecule is COc1ccccc1N1C(=O)C(=O)/C(=C(\O)c2ccc(OCc3ccccc3)c(C)c2)C1c1ccc(O)cc1. The number of ketones is 1. The molecule has 4 aromatic rings. The zero-order valence-corrected chi connectivity index (χ0v) is 21.5. The number of aliphatic hydroxyl groups is 1. The van der Waals surface area contributed by atoms with E-state index in [2.05, 4.69) is 0 Å². The van der Waals surface area contributed by atoms with Gasteiger partial charge in [-0.05, 0) is 66.1 Å². The van der Waals surface area contributed by atoms with Crippen LogP contribution in [0.5, 0.6) is 17.2 Å². The standard InChI is InChI=1S/C32H27NO6/c1-20-18-23(14-17-26(20)39-19-21-8-4-3-5-9-21)30(35)28-29(22-12-15-24(34)16-13-22)33(32(37)31(28)36)25-10-6-7-11-27(25)38-2/h3-18,29,34-35H,19H2,1-2H3/b30-28-. The van der Waals surface area contributed by atoms with Crippen LogP contribution in [-0.4, -0.2) is 29.0 Å². The van der Waals surface area contributed by atoms with Crippen molar-refractivity contribution in [2.75, 3.05) is 12.0 Å². The number of Topliss-reactive ketones (excluding diaryl/α,β-unsaturated/α-hetero) is 1. The van der Waals surface area contributed by atoms with Crippen molar-refractivity contribution in [3.05, 3.63) is 125 Å². The molecule has 0 aliphatic carbocycles. The third-order valence-electron chi connectivity index (χ3n) is 6.68. The maximum Gasteiger partial charge on any atom is 0.300 e. The number of benzene rings is 4. The summed E-state index contributed by atoms with van der Waals surface area (Å²) >= 11 is 0. The molecule has 1 saturated heterocycles. The fourth-order valence-electron chi connectivity index (χ4n) is 4.73. The van der Waals surface area contributed by atoms with E-state index in [0.717, 1.165) is 11.1 Å². The maximum atomic E-state index is 13.4. The van der Waals surface area contributed by atoms with Gasteiger partial charge in [-0.15, -0.1) is 0 Å². The summed E-state index contributed by atoms with van der Waals surface area (Å²) in [7, 11) is 1.48. The van der Waals surface area contributed by atoms with Gasteiger partial charge in [-0.1, -0.05) is 54.6 Å². The number of aryl methyl sites for hydroxylation is 1. The van der Waals surface area contributed by atoms with Gasteiger partial charge in [0.25, 0.3) is 11.7 Å². The molecule has 2 N–H and O–H groups in total. The Bertz CT molecular complexity index is 1560. The highest BCUT2D eigenvalue weighted by Gasteiger charge is 2.47. The average Bonchev–Trinajstić information content (AvgIpc) is 3.22. The lowest BCUT2D eigenvalue weighted by atomic mass is 9.94. The molecule has 39 heavy (non-hydrogen) atoms. The lowest BCUT2D eigenvalue weighted by Crippen LogP contribution is -2.29. The van der Waals surface area contributed by atoms with Gasteiger partial charge in [0.1, 0.15) is 29.6 Å². The molecule has 0 bridgehead atoms. The summed E-state index contributed by atoms with van der Waals surface area (Å²) in [5.74, 6) is -0.840. The number of hydrogen-bond acceptors (Lipinski definition) is 6. The number of phenols is 1. The van der Waals surface area contributed by atoms with Crippen LogP contribution in [0, 0.1) is 6.92 Å². The Morgan fingerprint density at radius 3 is 2.26 bits per heavy atom. The number of carbonyl (C=O) groups is 2. The van der Waals surface area contributed by atoms with Crippen molar-refractivity contribution in [1.82, 2.24) is 0 Å². The van der Waals surface area contributed by atoms with E-state index < -0.39 is 17.7 Å². The number of anilines is 1. The Kier molecular flexibility index (Phi) is 7.06. The first-order valence-corrected chi connectivity index (χ1v) is 12.4. The monoisotopic (exact) mass is 521 g/mol. The molecular formula is C32H27NO6. The highest BCUT2D eigenvalue weighted by molar-refractivity contribution is 6.52. The summed E-state index contributed by atoms with van der Waals surface area (Å²) in [6.45, 7) is 2.24. The quantitative estimate of drug-likeness (QED) is 0.178. The number of methoxy groups -OCH3 is 1. The highest BCUT2D eigenvalue weighted by Crippen LogP contribution is 2.45. The van der Waals surface area contributed by atoms with Gasteiger partial charge in [0.05, 0.1) is 24.4 Å². The van der Waals surface area contributed by atoms with Crippen LogP contribution in [0.25, 0.3) is 5.76 Å². The Morgan fingerprint density at radius 1 is 0.872 bits per heavy atom. The van der Waals surface area contributed by atoms with Crippen molar-refractivity contribution < 1.29 is 29.3 Å². The number of aliphatic hydroxyl groups excluding tert-OH is 1. The van der Waals surface area contributed by atoms with E-state index in [0.29, 0.717) is 34.9 Å². The van der Waals surface area contributed by atoms with E-state index in [1.807, 2.05) is 37.3 Å². The predicted octanol–water partition coefficient (Wildman–Crippen LogP) is 5.91. The Hall–Kier alpha value is -5.04. The van der Waals surface area contributed by atoms with Gasteiger partial charge in [0.15, 0.2) is 0 Å². The molecule has 0 saturated carbocycles. The minimum Gasteiger partial charge on any atom is -0.508 e. The third-order valence-corrected chi connectivity index (χ3v) is 6.68. The van der Waals surface area contributed by atoms with Crippen molar-refractivity contribution >= 4 is 23.1 Å². The molecule has 0 spiro atoms. The number of aromatic hydroxyl groups is 1. The molecule has 1 atom stereocenters. The number of hydrogen-bond donors (Lipinski definition) is 2. The Labute approximate surface area is 226 Å². The minimum atomic E-state index is -0.948. The van der Waals surface area contributed by atoms with Crippen LogP contribution in [0.1, 0.15) is 28.3 Å². The largest absolute Gasteiger partial charge is 0.508 e. The molecule has 1 heterocycles. The van der Waals surface area contributed by atoms with E-state index in [-0.39, 0.29) is 17.1 Å².